The summed E-state index contributed by atoms with van der Waals surface area (Å²) in [5, 5.41) is 9.86. The van der Waals surface area contributed by atoms with Gasteiger partial charge in [-0.05, 0) is 49.0 Å². The molecule has 0 saturated carbocycles. The summed E-state index contributed by atoms with van der Waals surface area (Å²) in [5.41, 5.74) is 2.78. The minimum Gasteiger partial charge on any atom is -0.465 e. The van der Waals surface area contributed by atoms with Gasteiger partial charge in [-0.2, -0.15) is 5.26 Å². The van der Waals surface area contributed by atoms with Gasteiger partial charge in [0.2, 0.25) is 0 Å². The second-order valence-corrected chi connectivity index (χ2v) is 8.17. The van der Waals surface area contributed by atoms with Gasteiger partial charge in [-0.25, -0.2) is 0 Å². The summed E-state index contributed by atoms with van der Waals surface area (Å²) >= 11 is 7.10. The van der Waals surface area contributed by atoms with Crippen LogP contribution >= 0.6 is 23.6 Å². The summed E-state index contributed by atoms with van der Waals surface area (Å²) in [5.74, 6) is -1.54. The number of hydrogen-bond acceptors (Lipinski definition) is 6. The Morgan fingerprint density at radius 2 is 1.93 bits per heavy atom. The molecule has 7 heteroatoms. The van der Waals surface area contributed by atoms with Crippen molar-refractivity contribution in [3.8, 4) is 6.07 Å². The standard InChI is InChI=1S/C21H21N3O2S2/c1-4-26-20(25)16(13-22)19(14-9-11-15(12-10-14)23(2)3)24-17-7-5-6-8-18(17)28-21(24)27/h5-12,16,19H,4H2,1-3H3/t16-,19+/m1/s1. The van der Waals surface area contributed by atoms with E-state index in [1.165, 1.54) is 11.3 Å². The molecule has 0 bridgehead atoms. The van der Waals surface area contributed by atoms with E-state index in [9.17, 15) is 10.1 Å². The summed E-state index contributed by atoms with van der Waals surface area (Å²) < 4.78 is 8.74. The molecule has 3 rings (SSSR count). The van der Waals surface area contributed by atoms with Gasteiger partial charge in [0, 0.05) is 19.8 Å². The molecule has 0 amide bonds. The SMILES string of the molecule is CCOC(=O)[C@H](C#N)[C@H](c1ccc(N(C)C)cc1)n1c(=S)sc2ccccc21. The van der Waals surface area contributed by atoms with Crippen molar-refractivity contribution in [2.45, 2.75) is 13.0 Å². The van der Waals surface area contributed by atoms with Crippen molar-refractivity contribution in [1.29, 1.82) is 5.26 Å². The molecule has 0 unspecified atom stereocenters. The summed E-state index contributed by atoms with van der Waals surface area (Å²) in [6.45, 7) is 1.96. The largest absolute Gasteiger partial charge is 0.465 e. The number of esters is 1. The number of thiazole rings is 1. The maximum atomic E-state index is 12.6. The molecule has 0 N–H and O–H groups in total. The number of aromatic nitrogens is 1. The molecular formula is C21H21N3O2S2. The Labute approximate surface area is 173 Å². The Morgan fingerprint density at radius 1 is 1.25 bits per heavy atom. The molecule has 0 saturated heterocycles. The normalized spacial score (nSPS) is 12.9. The van der Waals surface area contributed by atoms with Crippen molar-refractivity contribution in [3.63, 3.8) is 0 Å². The molecule has 2 atom stereocenters. The van der Waals surface area contributed by atoms with E-state index in [1.54, 1.807) is 6.92 Å². The first kappa shape index (κ1) is 20.1. The Kier molecular flexibility index (Phi) is 6.12. The number of nitriles is 1. The van der Waals surface area contributed by atoms with Gasteiger partial charge in [-0.3, -0.25) is 4.79 Å². The molecule has 5 nitrogen and oxygen atoms in total. The van der Waals surface area contributed by atoms with E-state index in [4.69, 9.17) is 17.0 Å². The van der Waals surface area contributed by atoms with Crippen LogP contribution in [0.5, 0.6) is 0 Å². The fourth-order valence-corrected chi connectivity index (χ4v) is 4.59. The number of rotatable bonds is 6. The van der Waals surface area contributed by atoms with Gasteiger partial charge in [0.1, 0.15) is 0 Å². The van der Waals surface area contributed by atoms with Crippen LogP contribution in [-0.2, 0) is 9.53 Å². The number of hydrogen-bond donors (Lipinski definition) is 0. The Morgan fingerprint density at radius 3 is 2.54 bits per heavy atom. The highest BCUT2D eigenvalue weighted by Gasteiger charge is 2.34. The van der Waals surface area contributed by atoms with Crippen molar-refractivity contribution in [2.24, 2.45) is 5.92 Å². The maximum absolute atomic E-state index is 12.6. The first-order valence-electron chi connectivity index (χ1n) is 8.91. The third-order valence-corrected chi connectivity index (χ3v) is 5.93. The predicted molar refractivity (Wildman–Crippen MR) is 115 cm³/mol. The molecule has 0 fully saturated rings. The molecule has 144 valence electrons. The minimum atomic E-state index is -1.00. The molecule has 2 aromatic carbocycles. The maximum Gasteiger partial charge on any atom is 0.325 e. The van der Waals surface area contributed by atoms with Gasteiger partial charge in [0.25, 0.3) is 0 Å². The number of nitrogens with zero attached hydrogens (tertiary/aromatic N) is 3. The van der Waals surface area contributed by atoms with E-state index in [0.717, 1.165) is 21.5 Å². The third-order valence-electron chi connectivity index (χ3n) is 4.54. The number of fused-ring (bicyclic) bond motifs is 1. The highest BCUT2D eigenvalue weighted by molar-refractivity contribution is 7.73. The minimum absolute atomic E-state index is 0.221. The van der Waals surface area contributed by atoms with Crippen LogP contribution in [-0.4, -0.2) is 31.2 Å². The summed E-state index contributed by atoms with van der Waals surface area (Å²) in [6.07, 6.45) is 0. The van der Waals surface area contributed by atoms with E-state index in [-0.39, 0.29) is 6.61 Å². The van der Waals surface area contributed by atoms with E-state index in [1.807, 2.05) is 72.1 Å². The fraction of sp³-hybridized carbons (Fsp3) is 0.286. The van der Waals surface area contributed by atoms with Crippen molar-refractivity contribution in [3.05, 3.63) is 58.0 Å². The van der Waals surface area contributed by atoms with Crippen LogP contribution in [0.4, 0.5) is 5.69 Å². The van der Waals surface area contributed by atoms with E-state index >= 15 is 0 Å². The van der Waals surface area contributed by atoms with Crippen molar-refractivity contribution < 1.29 is 9.53 Å². The lowest BCUT2D eigenvalue weighted by molar-refractivity contribution is -0.146. The average Bonchev–Trinajstić information content (AvgIpc) is 3.01. The van der Waals surface area contributed by atoms with Crippen molar-refractivity contribution in [2.75, 3.05) is 25.6 Å². The summed E-state index contributed by atoms with van der Waals surface area (Å²) in [6, 6.07) is 17.2. The highest BCUT2D eigenvalue weighted by atomic mass is 32.1. The Balaban J connectivity index is 2.22. The van der Waals surface area contributed by atoms with Crippen LogP contribution in [0.25, 0.3) is 10.2 Å². The van der Waals surface area contributed by atoms with Crippen LogP contribution < -0.4 is 4.90 Å². The number of anilines is 1. The van der Waals surface area contributed by atoms with Crippen LogP contribution in [0.2, 0.25) is 0 Å². The molecule has 0 spiro atoms. The lowest BCUT2D eigenvalue weighted by atomic mass is 9.93. The molecule has 3 aromatic rings. The predicted octanol–water partition coefficient (Wildman–Crippen LogP) is 4.79. The monoisotopic (exact) mass is 411 g/mol. The summed E-state index contributed by atoms with van der Waals surface area (Å²) in [4.78, 5) is 14.6. The van der Waals surface area contributed by atoms with Crippen LogP contribution in [0, 0.1) is 21.2 Å². The smallest absolute Gasteiger partial charge is 0.325 e. The van der Waals surface area contributed by atoms with Gasteiger partial charge in [0.15, 0.2) is 9.87 Å². The number of carbonyl (C=O) groups is 1. The van der Waals surface area contributed by atoms with Gasteiger partial charge < -0.3 is 14.2 Å². The van der Waals surface area contributed by atoms with Gasteiger partial charge >= 0.3 is 5.97 Å². The van der Waals surface area contributed by atoms with Crippen LogP contribution in [0.15, 0.2) is 48.5 Å². The van der Waals surface area contributed by atoms with Crippen LogP contribution in [0.3, 0.4) is 0 Å². The Hall–Kier alpha value is -2.69. The lowest BCUT2D eigenvalue weighted by Gasteiger charge is -2.24. The zero-order valence-electron chi connectivity index (χ0n) is 16.0. The number of para-hydroxylation sites is 1. The Bertz CT molecular complexity index is 1080. The van der Waals surface area contributed by atoms with Crippen molar-refractivity contribution >= 4 is 45.4 Å². The summed E-state index contributed by atoms with van der Waals surface area (Å²) in [7, 11) is 3.93. The molecule has 0 aliphatic carbocycles. The zero-order chi connectivity index (χ0) is 20.3. The van der Waals surface area contributed by atoms with E-state index in [0.29, 0.717) is 3.95 Å². The lowest BCUT2D eigenvalue weighted by Crippen LogP contribution is -2.28. The average molecular weight is 412 g/mol. The zero-order valence-corrected chi connectivity index (χ0v) is 17.6. The van der Waals surface area contributed by atoms with Crippen molar-refractivity contribution in [1.82, 2.24) is 4.57 Å². The molecule has 1 heterocycles. The third kappa shape index (κ3) is 3.79. The number of ether oxygens (including phenoxy) is 1. The topological polar surface area (TPSA) is 58.3 Å². The van der Waals surface area contributed by atoms with Gasteiger partial charge in [-0.1, -0.05) is 24.3 Å². The van der Waals surface area contributed by atoms with Gasteiger partial charge in [-0.15, -0.1) is 11.3 Å². The van der Waals surface area contributed by atoms with Gasteiger partial charge in [0.05, 0.1) is 28.9 Å². The number of benzene rings is 2. The second-order valence-electron chi connectivity index (χ2n) is 6.50. The molecule has 0 radical (unpaired) electrons. The molecule has 1 aromatic heterocycles. The van der Waals surface area contributed by atoms with Crippen LogP contribution in [0.1, 0.15) is 18.5 Å². The first-order valence-corrected chi connectivity index (χ1v) is 10.1. The van der Waals surface area contributed by atoms with E-state index in [2.05, 4.69) is 6.07 Å². The number of carbonyl (C=O) groups excluding carboxylic acids is 1. The molecule has 0 aliphatic rings. The fourth-order valence-electron chi connectivity index (χ4n) is 3.19. The highest BCUT2D eigenvalue weighted by Crippen LogP contribution is 2.35. The molecule has 28 heavy (non-hydrogen) atoms. The second kappa shape index (κ2) is 8.55. The molecular weight excluding hydrogens is 390 g/mol. The van der Waals surface area contributed by atoms with E-state index < -0.39 is 17.9 Å². The first-order chi connectivity index (χ1) is 13.5. The quantitative estimate of drug-likeness (QED) is 0.431. The molecule has 0 aliphatic heterocycles.